The zero-order valence-electron chi connectivity index (χ0n) is 16.9. The maximum Gasteiger partial charge on any atom is 0.200 e. The summed E-state index contributed by atoms with van der Waals surface area (Å²) in [5.74, 6) is 1.22. The zero-order chi connectivity index (χ0) is 21.4. The number of fused-ring (bicyclic) bond motifs is 2. The molecule has 4 heteroatoms. The van der Waals surface area contributed by atoms with E-state index in [2.05, 4.69) is 24.3 Å². The monoisotopic (exact) mass is 426 g/mol. The van der Waals surface area contributed by atoms with Gasteiger partial charge in [0.05, 0.1) is 10.9 Å². The molecule has 0 atom stereocenters. The van der Waals surface area contributed by atoms with Crippen molar-refractivity contribution in [2.45, 2.75) is 13.5 Å². The molecule has 0 unspecified atom stereocenters. The standard InChI is InChI=1S/C27H19ClO3/c1-17-26(19-9-11-21(28)12-10-19)27(29)24-14-13-22(15-25(24)31-17)30-16-20-7-4-6-18-5-2-3-8-23(18)20/h2-15H,16H2,1H3. The molecule has 0 aliphatic rings. The minimum absolute atomic E-state index is 0.0679. The zero-order valence-corrected chi connectivity index (χ0v) is 17.6. The number of halogens is 1. The Kier molecular flexibility index (Phi) is 4.97. The Bertz CT molecular complexity index is 1460. The normalized spacial score (nSPS) is 11.2. The van der Waals surface area contributed by atoms with Crippen molar-refractivity contribution in [2.75, 3.05) is 0 Å². The Balaban J connectivity index is 1.48. The molecule has 31 heavy (non-hydrogen) atoms. The van der Waals surface area contributed by atoms with E-state index in [4.69, 9.17) is 20.8 Å². The fourth-order valence-electron chi connectivity index (χ4n) is 3.91. The average molecular weight is 427 g/mol. The molecule has 0 bridgehead atoms. The Morgan fingerprint density at radius 3 is 2.48 bits per heavy atom. The predicted octanol–water partition coefficient (Wildman–Crippen LogP) is 7.15. The average Bonchev–Trinajstić information content (AvgIpc) is 2.78. The van der Waals surface area contributed by atoms with Gasteiger partial charge >= 0.3 is 0 Å². The minimum atomic E-state index is -0.0679. The second-order valence-corrected chi connectivity index (χ2v) is 7.89. The molecule has 0 radical (unpaired) electrons. The smallest absolute Gasteiger partial charge is 0.200 e. The van der Waals surface area contributed by atoms with Crippen LogP contribution in [0.5, 0.6) is 5.75 Å². The fourth-order valence-corrected chi connectivity index (χ4v) is 4.03. The van der Waals surface area contributed by atoms with Crippen LogP contribution in [0.3, 0.4) is 0 Å². The topological polar surface area (TPSA) is 39.4 Å². The Labute approximate surface area is 184 Å². The van der Waals surface area contributed by atoms with Gasteiger partial charge in [0, 0.05) is 11.1 Å². The van der Waals surface area contributed by atoms with Crippen molar-refractivity contribution in [3.05, 3.63) is 111 Å². The molecular formula is C27H19ClO3. The summed E-state index contributed by atoms with van der Waals surface area (Å²) >= 11 is 5.98. The first kappa shape index (κ1) is 19.4. The van der Waals surface area contributed by atoms with Crippen LogP contribution in [0.1, 0.15) is 11.3 Å². The van der Waals surface area contributed by atoms with Gasteiger partial charge in [0.1, 0.15) is 23.7 Å². The summed E-state index contributed by atoms with van der Waals surface area (Å²) in [5, 5.41) is 3.49. The molecule has 0 spiro atoms. The van der Waals surface area contributed by atoms with Gasteiger partial charge in [0.2, 0.25) is 5.43 Å². The van der Waals surface area contributed by atoms with Crippen LogP contribution in [0.15, 0.2) is 94.1 Å². The highest BCUT2D eigenvalue weighted by Crippen LogP contribution is 2.28. The van der Waals surface area contributed by atoms with Crippen molar-refractivity contribution < 1.29 is 9.15 Å². The minimum Gasteiger partial charge on any atom is -0.489 e. The lowest BCUT2D eigenvalue weighted by atomic mass is 10.0. The second kappa shape index (κ2) is 7.93. The van der Waals surface area contributed by atoms with E-state index in [1.54, 1.807) is 31.2 Å². The van der Waals surface area contributed by atoms with Crippen molar-refractivity contribution in [1.29, 1.82) is 0 Å². The molecule has 0 N–H and O–H groups in total. The second-order valence-electron chi connectivity index (χ2n) is 7.45. The molecule has 3 nitrogen and oxygen atoms in total. The molecule has 152 valence electrons. The first-order valence-corrected chi connectivity index (χ1v) is 10.4. The number of hydrogen-bond acceptors (Lipinski definition) is 3. The molecule has 0 amide bonds. The lowest BCUT2D eigenvalue weighted by Crippen LogP contribution is -2.07. The van der Waals surface area contributed by atoms with Gasteiger partial charge in [0.15, 0.2) is 0 Å². The van der Waals surface area contributed by atoms with Crippen molar-refractivity contribution in [3.63, 3.8) is 0 Å². The molecule has 1 heterocycles. The van der Waals surface area contributed by atoms with Crippen LogP contribution in [0.25, 0.3) is 32.9 Å². The van der Waals surface area contributed by atoms with E-state index in [-0.39, 0.29) is 5.43 Å². The van der Waals surface area contributed by atoms with E-state index in [9.17, 15) is 4.79 Å². The lowest BCUT2D eigenvalue weighted by Gasteiger charge is -2.11. The highest BCUT2D eigenvalue weighted by molar-refractivity contribution is 6.30. The first-order valence-electron chi connectivity index (χ1n) is 10.0. The highest BCUT2D eigenvalue weighted by atomic mass is 35.5. The SMILES string of the molecule is Cc1oc2cc(OCc3cccc4ccccc34)ccc2c(=O)c1-c1ccc(Cl)cc1. The predicted molar refractivity (Wildman–Crippen MR) is 126 cm³/mol. The van der Waals surface area contributed by atoms with Crippen LogP contribution < -0.4 is 10.2 Å². The van der Waals surface area contributed by atoms with Gasteiger partial charge in [-0.25, -0.2) is 0 Å². The molecular weight excluding hydrogens is 408 g/mol. The van der Waals surface area contributed by atoms with Crippen molar-refractivity contribution in [1.82, 2.24) is 0 Å². The number of hydrogen-bond donors (Lipinski definition) is 0. The van der Waals surface area contributed by atoms with Crippen molar-refractivity contribution in [3.8, 4) is 16.9 Å². The molecule has 0 aliphatic carbocycles. The number of aryl methyl sites for hydroxylation is 1. The Morgan fingerprint density at radius 1 is 0.871 bits per heavy atom. The van der Waals surface area contributed by atoms with E-state index in [1.807, 2.05) is 36.4 Å². The molecule has 1 aromatic heterocycles. The number of benzene rings is 4. The van der Waals surface area contributed by atoms with E-state index >= 15 is 0 Å². The number of rotatable bonds is 4. The first-order chi connectivity index (χ1) is 15.1. The molecule has 0 fully saturated rings. The van der Waals surface area contributed by atoms with Crippen molar-refractivity contribution >= 4 is 33.3 Å². The van der Waals surface area contributed by atoms with Crippen LogP contribution in [0.4, 0.5) is 0 Å². The van der Waals surface area contributed by atoms with E-state index < -0.39 is 0 Å². The Morgan fingerprint density at radius 2 is 1.65 bits per heavy atom. The Hall–Kier alpha value is -3.56. The van der Waals surface area contributed by atoms with Crippen LogP contribution >= 0.6 is 11.6 Å². The summed E-state index contributed by atoms with van der Waals surface area (Å²) in [6, 6.07) is 27.0. The third-order valence-corrected chi connectivity index (χ3v) is 5.70. The summed E-state index contributed by atoms with van der Waals surface area (Å²) in [6.45, 7) is 2.23. The van der Waals surface area contributed by atoms with Crippen LogP contribution in [-0.2, 0) is 6.61 Å². The third-order valence-electron chi connectivity index (χ3n) is 5.45. The van der Waals surface area contributed by atoms with Crippen LogP contribution in [-0.4, -0.2) is 0 Å². The summed E-state index contributed by atoms with van der Waals surface area (Å²) in [5.41, 5.74) is 2.88. The molecule has 0 saturated heterocycles. The third kappa shape index (κ3) is 3.69. The van der Waals surface area contributed by atoms with Crippen molar-refractivity contribution in [2.24, 2.45) is 0 Å². The molecule has 0 aliphatic heterocycles. The fraction of sp³-hybridized carbons (Fsp3) is 0.0741. The summed E-state index contributed by atoms with van der Waals surface area (Å²) in [7, 11) is 0. The maximum atomic E-state index is 13.1. The largest absolute Gasteiger partial charge is 0.489 e. The van der Waals surface area contributed by atoms with Gasteiger partial charge in [-0.2, -0.15) is 0 Å². The van der Waals surface area contributed by atoms with Gasteiger partial charge in [-0.3, -0.25) is 4.79 Å². The van der Waals surface area contributed by atoms with Crippen LogP contribution in [0, 0.1) is 6.92 Å². The lowest BCUT2D eigenvalue weighted by molar-refractivity contribution is 0.307. The van der Waals surface area contributed by atoms with Gasteiger partial charge < -0.3 is 9.15 Å². The van der Waals surface area contributed by atoms with Crippen LogP contribution in [0.2, 0.25) is 5.02 Å². The molecule has 4 aromatic carbocycles. The maximum absolute atomic E-state index is 13.1. The van der Waals surface area contributed by atoms with Gasteiger partial charge in [-0.15, -0.1) is 0 Å². The van der Waals surface area contributed by atoms with E-state index in [0.29, 0.717) is 39.7 Å². The summed E-state index contributed by atoms with van der Waals surface area (Å²) in [6.07, 6.45) is 0. The quantitative estimate of drug-likeness (QED) is 0.306. The highest BCUT2D eigenvalue weighted by Gasteiger charge is 2.14. The van der Waals surface area contributed by atoms with Gasteiger partial charge in [0.25, 0.3) is 0 Å². The molecule has 5 rings (SSSR count). The summed E-state index contributed by atoms with van der Waals surface area (Å²) in [4.78, 5) is 13.1. The van der Waals surface area contributed by atoms with Gasteiger partial charge in [-0.05, 0) is 53.1 Å². The van der Waals surface area contributed by atoms with E-state index in [0.717, 1.165) is 11.1 Å². The molecule has 5 aromatic rings. The van der Waals surface area contributed by atoms with Gasteiger partial charge in [-0.1, -0.05) is 66.2 Å². The number of ether oxygens (including phenoxy) is 1. The summed E-state index contributed by atoms with van der Waals surface area (Å²) < 4.78 is 12.0. The van der Waals surface area contributed by atoms with E-state index in [1.165, 1.54) is 10.8 Å². The molecule has 0 saturated carbocycles.